The molecule has 2 N–H and O–H groups in total. The molecule has 170 valence electrons. The first-order chi connectivity index (χ1) is 17.2. The van der Waals surface area contributed by atoms with Crippen molar-refractivity contribution in [3.8, 4) is 16.9 Å². The van der Waals surface area contributed by atoms with Gasteiger partial charge >= 0.3 is 0 Å². The topological polar surface area (TPSA) is 44.1 Å². The third-order valence-corrected chi connectivity index (χ3v) is 6.44. The molecule has 2 nitrogen and oxygen atoms in total. The molecule has 1 aliphatic carbocycles. The smallest absolute Gasteiger partial charge is 0.124 e. The number of phenolic OH excluding ortho intramolecular Hbond substituents is 1. The van der Waals surface area contributed by atoms with Crippen LogP contribution in [0, 0.1) is 11.3 Å². The molecule has 5 rings (SSSR count). The van der Waals surface area contributed by atoms with Crippen LogP contribution in [0.2, 0.25) is 0 Å². The highest BCUT2D eigenvalue weighted by Gasteiger charge is 2.21. The summed E-state index contributed by atoms with van der Waals surface area (Å²) in [5.74, 6) is 0.359. The summed E-state index contributed by atoms with van der Waals surface area (Å²) in [5.41, 5.74) is 8.62. The van der Waals surface area contributed by atoms with E-state index < -0.39 is 0 Å². The minimum Gasteiger partial charge on any atom is -0.507 e. The summed E-state index contributed by atoms with van der Waals surface area (Å²) in [6, 6.07) is 35.3. The van der Waals surface area contributed by atoms with Crippen LogP contribution in [0.25, 0.3) is 22.3 Å². The van der Waals surface area contributed by atoms with Crippen LogP contribution in [-0.4, -0.2) is 11.3 Å². The number of hydrogen-bond acceptors (Lipinski definition) is 2. The van der Waals surface area contributed by atoms with Crippen molar-refractivity contribution in [2.75, 3.05) is 0 Å². The fourth-order valence-corrected chi connectivity index (χ4v) is 4.74. The van der Waals surface area contributed by atoms with Crippen molar-refractivity contribution in [1.29, 1.82) is 5.41 Å². The Morgan fingerprint density at radius 2 is 1.37 bits per heavy atom. The second-order valence-electron chi connectivity index (χ2n) is 8.67. The van der Waals surface area contributed by atoms with Crippen LogP contribution in [-0.2, 0) is 0 Å². The largest absolute Gasteiger partial charge is 0.507 e. The highest BCUT2D eigenvalue weighted by molar-refractivity contribution is 6.00. The van der Waals surface area contributed by atoms with Gasteiger partial charge in [0.25, 0.3) is 0 Å². The summed E-state index contributed by atoms with van der Waals surface area (Å²) in [5, 5.41) is 17.7. The van der Waals surface area contributed by atoms with Gasteiger partial charge in [0.2, 0.25) is 0 Å². The molecule has 0 amide bonds. The van der Waals surface area contributed by atoms with Crippen molar-refractivity contribution in [2.45, 2.75) is 6.42 Å². The lowest BCUT2D eigenvalue weighted by molar-refractivity contribution is 0.474. The summed E-state index contributed by atoms with van der Waals surface area (Å²) in [7, 11) is 0. The molecule has 2 heteroatoms. The van der Waals surface area contributed by atoms with Crippen LogP contribution in [0.5, 0.6) is 5.75 Å². The van der Waals surface area contributed by atoms with Gasteiger partial charge in [-0.05, 0) is 63.6 Å². The summed E-state index contributed by atoms with van der Waals surface area (Å²) in [6.45, 7) is 0. The van der Waals surface area contributed by atoms with Crippen molar-refractivity contribution in [1.82, 2.24) is 0 Å². The standard InChI is InChI=1S/C33H27NO/c34-23-30-22-28(19-20-31(30)35)27-17-10-18-29(21-27)33(26-15-8-3-9-16-26)32(24-11-4-1-5-12-24)25-13-6-2-7-14-25/h1-15,17-23,26,34-35H,16H2. The molecular formula is C33H27NO. The zero-order valence-corrected chi connectivity index (χ0v) is 19.4. The first kappa shape index (κ1) is 22.4. The molecule has 35 heavy (non-hydrogen) atoms. The Kier molecular flexibility index (Phi) is 6.54. The van der Waals surface area contributed by atoms with E-state index in [2.05, 4.69) is 109 Å². The number of aromatic hydroxyl groups is 1. The minimum atomic E-state index is 0.120. The molecule has 4 aromatic carbocycles. The molecule has 0 spiro atoms. The fourth-order valence-electron chi connectivity index (χ4n) is 4.74. The van der Waals surface area contributed by atoms with Gasteiger partial charge in [-0.25, -0.2) is 0 Å². The fraction of sp³-hybridized carbons (Fsp3) is 0.0606. The Labute approximate surface area is 206 Å². The second kappa shape index (κ2) is 10.2. The third-order valence-electron chi connectivity index (χ3n) is 6.44. The lowest BCUT2D eigenvalue weighted by Gasteiger charge is -2.24. The van der Waals surface area contributed by atoms with Gasteiger partial charge in [-0.3, -0.25) is 0 Å². The van der Waals surface area contributed by atoms with E-state index in [9.17, 15) is 5.11 Å². The molecule has 1 unspecified atom stereocenters. The van der Waals surface area contributed by atoms with Crippen molar-refractivity contribution >= 4 is 17.4 Å². The Bertz CT molecular complexity index is 1390. The zero-order chi connectivity index (χ0) is 24.0. The number of hydrogen-bond donors (Lipinski definition) is 2. The molecule has 0 radical (unpaired) electrons. The molecule has 0 heterocycles. The summed E-state index contributed by atoms with van der Waals surface area (Å²) in [4.78, 5) is 0. The third kappa shape index (κ3) is 4.78. The van der Waals surface area contributed by atoms with E-state index in [4.69, 9.17) is 5.41 Å². The maximum absolute atomic E-state index is 10.0. The molecule has 0 aliphatic heterocycles. The Morgan fingerprint density at radius 1 is 0.714 bits per heavy atom. The van der Waals surface area contributed by atoms with E-state index in [1.54, 1.807) is 6.07 Å². The quantitative estimate of drug-likeness (QED) is 0.224. The normalized spacial score (nSPS) is 14.5. The molecule has 1 aliphatic rings. The lowest BCUT2D eigenvalue weighted by Crippen LogP contribution is -2.06. The van der Waals surface area contributed by atoms with Gasteiger partial charge in [0, 0.05) is 17.7 Å². The molecule has 4 aromatic rings. The Hall–Kier alpha value is -4.43. The predicted molar refractivity (Wildman–Crippen MR) is 147 cm³/mol. The van der Waals surface area contributed by atoms with Crippen LogP contribution in [0.3, 0.4) is 0 Å². The highest BCUT2D eigenvalue weighted by Crippen LogP contribution is 2.41. The highest BCUT2D eigenvalue weighted by atomic mass is 16.3. The Morgan fingerprint density at radius 3 is 2.00 bits per heavy atom. The van der Waals surface area contributed by atoms with Gasteiger partial charge in [-0.2, -0.15) is 0 Å². The van der Waals surface area contributed by atoms with Crippen LogP contribution >= 0.6 is 0 Å². The predicted octanol–water partition coefficient (Wildman–Crippen LogP) is 8.15. The second-order valence-corrected chi connectivity index (χ2v) is 8.67. The van der Waals surface area contributed by atoms with Gasteiger partial charge in [0.05, 0.1) is 0 Å². The number of phenols is 1. The van der Waals surface area contributed by atoms with Crippen LogP contribution in [0.1, 0.15) is 28.7 Å². The van der Waals surface area contributed by atoms with Gasteiger partial charge in [0.15, 0.2) is 0 Å². The maximum Gasteiger partial charge on any atom is 0.124 e. The molecule has 0 aromatic heterocycles. The monoisotopic (exact) mass is 453 g/mol. The number of rotatable bonds is 6. The molecule has 0 fully saturated rings. The SMILES string of the molecule is N=Cc1cc(-c2cccc(C(=C(c3ccccc3)c3ccccc3)C3C=CC=CC3)c2)ccc1O. The molecular weight excluding hydrogens is 426 g/mol. The minimum absolute atomic E-state index is 0.120. The first-order valence-electron chi connectivity index (χ1n) is 11.9. The van der Waals surface area contributed by atoms with Gasteiger partial charge in [-0.1, -0.05) is 109 Å². The lowest BCUT2D eigenvalue weighted by atomic mass is 9.79. The summed E-state index contributed by atoms with van der Waals surface area (Å²) < 4.78 is 0. The van der Waals surface area contributed by atoms with Crippen LogP contribution in [0.15, 0.2) is 127 Å². The Balaban J connectivity index is 1.76. The van der Waals surface area contributed by atoms with Gasteiger partial charge < -0.3 is 10.5 Å². The molecule has 0 saturated heterocycles. The number of benzene rings is 4. The number of allylic oxidation sites excluding steroid dienone is 5. The molecule has 0 bridgehead atoms. The zero-order valence-electron chi connectivity index (χ0n) is 19.4. The molecule has 0 saturated carbocycles. The van der Waals surface area contributed by atoms with Crippen molar-refractivity contribution in [3.05, 3.63) is 150 Å². The van der Waals surface area contributed by atoms with E-state index in [0.29, 0.717) is 5.56 Å². The van der Waals surface area contributed by atoms with Crippen molar-refractivity contribution in [3.63, 3.8) is 0 Å². The average Bonchev–Trinajstić information content (AvgIpc) is 2.93. The summed E-state index contributed by atoms with van der Waals surface area (Å²) >= 11 is 0. The van der Waals surface area contributed by atoms with E-state index in [-0.39, 0.29) is 11.7 Å². The molecule has 1 atom stereocenters. The summed E-state index contributed by atoms with van der Waals surface area (Å²) in [6.07, 6.45) is 10.9. The van der Waals surface area contributed by atoms with E-state index >= 15 is 0 Å². The van der Waals surface area contributed by atoms with Gasteiger partial charge in [-0.15, -0.1) is 0 Å². The number of nitrogens with one attached hydrogen (secondary N) is 1. The average molecular weight is 454 g/mol. The maximum atomic E-state index is 10.0. The van der Waals surface area contributed by atoms with E-state index in [1.807, 2.05) is 12.1 Å². The van der Waals surface area contributed by atoms with Crippen molar-refractivity contribution in [2.24, 2.45) is 5.92 Å². The van der Waals surface area contributed by atoms with Crippen LogP contribution < -0.4 is 0 Å². The van der Waals surface area contributed by atoms with Crippen molar-refractivity contribution < 1.29 is 5.11 Å². The van der Waals surface area contributed by atoms with Crippen LogP contribution in [0.4, 0.5) is 0 Å². The van der Waals surface area contributed by atoms with Gasteiger partial charge in [0.1, 0.15) is 5.75 Å². The van der Waals surface area contributed by atoms with E-state index in [0.717, 1.165) is 17.5 Å². The van der Waals surface area contributed by atoms with E-state index in [1.165, 1.54) is 34.1 Å². The first-order valence-corrected chi connectivity index (χ1v) is 11.9.